The summed E-state index contributed by atoms with van der Waals surface area (Å²) >= 11 is 7.27. The Kier molecular flexibility index (Phi) is 11.0. The fourth-order valence-electron chi connectivity index (χ4n) is 2.13. The van der Waals surface area contributed by atoms with E-state index in [0.717, 1.165) is 17.2 Å². The highest BCUT2D eigenvalue weighted by atomic mass is 127. The van der Waals surface area contributed by atoms with Crippen molar-refractivity contribution in [1.82, 2.24) is 10.6 Å². The third-order valence-electron chi connectivity index (χ3n) is 3.33. The van der Waals surface area contributed by atoms with Gasteiger partial charge in [-0.15, -0.1) is 35.3 Å². The quantitative estimate of drug-likeness (QED) is 0.285. The number of ether oxygens (including phenoxy) is 1. The van der Waals surface area contributed by atoms with E-state index in [1.807, 2.05) is 50.2 Å². The summed E-state index contributed by atoms with van der Waals surface area (Å²) in [6, 6.07) is 13.3. The van der Waals surface area contributed by atoms with E-state index in [1.165, 1.54) is 11.3 Å². The van der Waals surface area contributed by atoms with E-state index in [-0.39, 0.29) is 36.6 Å². The van der Waals surface area contributed by atoms with Crippen LogP contribution in [0.15, 0.2) is 47.5 Å². The third-order valence-corrected chi connectivity index (χ3v) is 4.66. The Bertz CT molecular complexity index is 669. The topological polar surface area (TPSA) is 65.9 Å². The maximum absolute atomic E-state index is 10.2. The Morgan fingerprint density at radius 3 is 2.58 bits per heavy atom. The van der Waals surface area contributed by atoms with Crippen molar-refractivity contribution in [2.24, 2.45) is 4.99 Å². The van der Waals surface area contributed by atoms with Crippen LogP contribution >= 0.6 is 46.9 Å². The van der Waals surface area contributed by atoms with Crippen LogP contribution in [-0.4, -0.2) is 36.8 Å². The van der Waals surface area contributed by atoms with Gasteiger partial charge >= 0.3 is 0 Å². The lowest BCUT2D eigenvalue weighted by molar-refractivity contribution is 0.190. The SMILES string of the molecule is CCNC(=NCC(O)c1ccc(Cl)s1)NCC(C)Oc1ccccc1.I. The molecule has 0 bridgehead atoms. The van der Waals surface area contributed by atoms with Crippen LogP contribution in [0.5, 0.6) is 5.75 Å². The molecule has 8 heteroatoms. The van der Waals surface area contributed by atoms with Gasteiger partial charge in [0, 0.05) is 11.4 Å². The first-order valence-corrected chi connectivity index (χ1v) is 9.45. The molecular weight excluding hydrogens is 485 g/mol. The molecule has 0 saturated carbocycles. The van der Waals surface area contributed by atoms with Crippen molar-refractivity contribution in [3.8, 4) is 5.75 Å². The molecule has 0 spiro atoms. The summed E-state index contributed by atoms with van der Waals surface area (Å²) in [6.07, 6.45) is -0.682. The number of benzene rings is 1. The molecule has 0 radical (unpaired) electrons. The molecule has 1 aromatic heterocycles. The average Bonchev–Trinajstić information content (AvgIpc) is 3.04. The van der Waals surface area contributed by atoms with Crippen LogP contribution in [0.4, 0.5) is 0 Å². The van der Waals surface area contributed by atoms with Gasteiger partial charge < -0.3 is 20.5 Å². The van der Waals surface area contributed by atoms with Gasteiger partial charge in [-0.3, -0.25) is 4.99 Å². The Labute approximate surface area is 180 Å². The van der Waals surface area contributed by atoms with Crippen molar-refractivity contribution < 1.29 is 9.84 Å². The van der Waals surface area contributed by atoms with Crippen LogP contribution in [0.2, 0.25) is 4.34 Å². The number of aliphatic imine (C=N–C) groups is 1. The second-order valence-electron chi connectivity index (χ2n) is 5.50. The number of aliphatic hydroxyl groups excluding tert-OH is 1. The Hall–Kier alpha value is -1.03. The second kappa shape index (κ2) is 12.4. The van der Waals surface area contributed by atoms with Gasteiger partial charge in [-0.05, 0) is 38.1 Å². The van der Waals surface area contributed by atoms with Gasteiger partial charge in [-0.25, -0.2) is 0 Å². The fraction of sp³-hybridized carbons (Fsp3) is 0.389. The standard InChI is InChI=1S/C18H24ClN3O2S.HI/c1-3-20-18(22-12-15(23)16-9-10-17(19)25-16)21-11-13(2)24-14-7-5-4-6-8-14;/h4-10,13,15,23H,3,11-12H2,1-2H3,(H2,20,21,22);1H. The highest BCUT2D eigenvalue weighted by Gasteiger charge is 2.11. The van der Waals surface area contributed by atoms with Crippen LogP contribution in [0.1, 0.15) is 24.8 Å². The number of aliphatic hydroxyl groups is 1. The zero-order chi connectivity index (χ0) is 18.1. The van der Waals surface area contributed by atoms with Crippen molar-refractivity contribution >= 4 is 52.9 Å². The number of nitrogens with zero attached hydrogens (tertiary/aromatic N) is 1. The monoisotopic (exact) mass is 509 g/mol. The number of rotatable bonds is 8. The molecule has 2 rings (SSSR count). The first kappa shape index (κ1) is 23.0. The van der Waals surface area contributed by atoms with E-state index >= 15 is 0 Å². The summed E-state index contributed by atoms with van der Waals surface area (Å²) in [6.45, 7) is 5.59. The first-order valence-electron chi connectivity index (χ1n) is 8.25. The number of thiophene rings is 1. The molecule has 0 aliphatic carbocycles. The highest BCUT2D eigenvalue weighted by molar-refractivity contribution is 14.0. The van der Waals surface area contributed by atoms with E-state index in [4.69, 9.17) is 16.3 Å². The van der Waals surface area contributed by atoms with Crippen molar-refractivity contribution in [2.45, 2.75) is 26.1 Å². The molecule has 0 aliphatic rings. The lowest BCUT2D eigenvalue weighted by Crippen LogP contribution is -2.42. The maximum Gasteiger partial charge on any atom is 0.191 e. The summed E-state index contributed by atoms with van der Waals surface area (Å²) in [5.41, 5.74) is 0. The molecule has 2 atom stereocenters. The Balaban J connectivity index is 0.00000338. The molecule has 1 heterocycles. The van der Waals surface area contributed by atoms with Crippen LogP contribution < -0.4 is 15.4 Å². The number of guanidine groups is 1. The average molecular weight is 510 g/mol. The van der Waals surface area contributed by atoms with Crippen LogP contribution in [-0.2, 0) is 0 Å². The largest absolute Gasteiger partial charge is 0.489 e. The summed E-state index contributed by atoms with van der Waals surface area (Å²) in [7, 11) is 0. The van der Waals surface area contributed by atoms with E-state index < -0.39 is 6.10 Å². The lowest BCUT2D eigenvalue weighted by Gasteiger charge is -2.18. The van der Waals surface area contributed by atoms with Crippen molar-refractivity contribution in [1.29, 1.82) is 0 Å². The van der Waals surface area contributed by atoms with Crippen LogP contribution in [0.3, 0.4) is 0 Å². The molecule has 2 unspecified atom stereocenters. The van der Waals surface area contributed by atoms with Crippen LogP contribution in [0.25, 0.3) is 0 Å². The molecule has 0 aliphatic heterocycles. The summed E-state index contributed by atoms with van der Waals surface area (Å²) in [4.78, 5) is 5.24. The van der Waals surface area contributed by atoms with Gasteiger partial charge in [0.2, 0.25) is 0 Å². The van der Waals surface area contributed by atoms with Gasteiger partial charge in [0.05, 0.1) is 17.4 Å². The Morgan fingerprint density at radius 1 is 1.23 bits per heavy atom. The molecule has 2 aromatic rings. The maximum atomic E-state index is 10.2. The normalized spacial score (nSPS) is 13.5. The summed E-state index contributed by atoms with van der Waals surface area (Å²) < 4.78 is 6.49. The molecule has 0 fully saturated rings. The Morgan fingerprint density at radius 2 is 1.96 bits per heavy atom. The molecule has 1 aromatic carbocycles. The van der Waals surface area contributed by atoms with Crippen LogP contribution in [0, 0.1) is 0 Å². The molecule has 3 N–H and O–H groups in total. The lowest BCUT2D eigenvalue weighted by atomic mass is 10.3. The minimum atomic E-state index is -0.661. The van der Waals surface area contributed by atoms with E-state index in [0.29, 0.717) is 16.8 Å². The van der Waals surface area contributed by atoms with E-state index in [2.05, 4.69) is 15.6 Å². The fourth-order valence-corrected chi connectivity index (χ4v) is 3.17. The molecule has 26 heavy (non-hydrogen) atoms. The number of halogens is 2. The van der Waals surface area contributed by atoms with Crippen molar-refractivity contribution in [2.75, 3.05) is 19.6 Å². The number of para-hydroxylation sites is 1. The molecule has 0 amide bonds. The van der Waals surface area contributed by atoms with Gasteiger partial charge in [0.25, 0.3) is 0 Å². The zero-order valence-electron chi connectivity index (χ0n) is 14.8. The molecular formula is C18H25ClIN3O2S. The highest BCUT2D eigenvalue weighted by Crippen LogP contribution is 2.26. The summed E-state index contributed by atoms with van der Waals surface area (Å²) in [5.74, 6) is 1.48. The van der Waals surface area contributed by atoms with Crippen molar-refractivity contribution in [3.63, 3.8) is 0 Å². The van der Waals surface area contributed by atoms with Gasteiger partial charge in [-0.2, -0.15) is 0 Å². The van der Waals surface area contributed by atoms with Gasteiger partial charge in [-0.1, -0.05) is 29.8 Å². The zero-order valence-corrected chi connectivity index (χ0v) is 18.7. The van der Waals surface area contributed by atoms with Gasteiger partial charge in [0.1, 0.15) is 18.0 Å². The number of hydrogen-bond acceptors (Lipinski definition) is 4. The number of nitrogens with one attached hydrogen (secondary N) is 2. The molecule has 0 saturated heterocycles. The van der Waals surface area contributed by atoms with E-state index in [1.54, 1.807) is 6.07 Å². The molecule has 5 nitrogen and oxygen atoms in total. The predicted molar refractivity (Wildman–Crippen MR) is 120 cm³/mol. The van der Waals surface area contributed by atoms with E-state index in [9.17, 15) is 5.11 Å². The third kappa shape index (κ3) is 8.11. The predicted octanol–water partition coefficient (Wildman–Crippen LogP) is 4.08. The van der Waals surface area contributed by atoms with Gasteiger partial charge in [0.15, 0.2) is 5.96 Å². The minimum Gasteiger partial charge on any atom is -0.489 e. The molecule has 144 valence electrons. The first-order chi connectivity index (χ1) is 12.1. The summed E-state index contributed by atoms with van der Waals surface area (Å²) in [5, 5.41) is 16.6. The van der Waals surface area contributed by atoms with Crippen molar-refractivity contribution in [3.05, 3.63) is 51.7 Å². The second-order valence-corrected chi connectivity index (χ2v) is 7.25. The smallest absolute Gasteiger partial charge is 0.191 e. The minimum absolute atomic E-state index is 0. The number of hydrogen-bond donors (Lipinski definition) is 3.